The van der Waals surface area contributed by atoms with Gasteiger partial charge in [-0.05, 0) is 68.5 Å². The van der Waals surface area contributed by atoms with E-state index in [1.54, 1.807) is 6.07 Å². The quantitative estimate of drug-likeness (QED) is 0.528. The minimum absolute atomic E-state index is 0.00369. The standard InChI is InChI=1S/C24H30Cl3N3O/c1-16(21-8-2-17(25)14-23(21)27)28-24-15-19(5-9-22(24)26)30-12-10-29(11-13-30)18-3-6-20(31)7-4-18/h2,5,8-9,14-16,18,20,28,31H,3-4,6-7,10-13H2,1H3/t16-,18?,20?/m1/s1. The molecule has 2 fully saturated rings. The van der Waals surface area contributed by atoms with Gasteiger partial charge in [-0.25, -0.2) is 0 Å². The van der Waals surface area contributed by atoms with E-state index in [1.165, 1.54) is 5.69 Å². The fourth-order valence-electron chi connectivity index (χ4n) is 4.75. The van der Waals surface area contributed by atoms with Gasteiger partial charge in [0.2, 0.25) is 0 Å². The molecular weight excluding hydrogens is 453 g/mol. The third-order valence-electron chi connectivity index (χ3n) is 6.61. The second-order valence-corrected chi connectivity index (χ2v) is 9.93. The van der Waals surface area contributed by atoms with Crippen molar-refractivity contribution in [1.82, 2.24) is 4.90 Å². The number of halogens is 3. The lowest BCUT2D eigenvalue weighted by atomic mass is 9.91. The summed E-state index contributed by atoms with van der Waals surface area (Å²) in [5, 5.41) is 15.2. The van der Waals surface area contributed by atoms with E-state index < -0.39 is 0 Å². The molecule has 1 heterocycles. The minimum Gasteiger partial charge on any atom is -0.393 e. The fraction of sp³-hybridized carbons (Fsp3) is 0.500. The van der Waals surface area contributed by atoms with E-state index in [9.17, 15) is 5.11 Å². The summed E-state index contributed by atoms with van der Waals surface area (Å²) < 4.78 is 0. The molecule has 4 nitrogen and oxygen atoms in total. The molecule has 0 aromatic heterocycles. The Morgan fingerprint density at radius 3 is 2.29 bits per heavy atom. The second kappa shape index (κ2) is 10.2. The summed E-state index contributed by atoms with van der Waals surface area (Å²) in [5.74, 6) is 0. The highest BCUT2D eigenvalue weighted by atomic mass is 35.5. The van der Waals surface area contributed by atoms with E-state index in [2.05, 4.69) is 34.2 Å². The van der Waals surface area contributed by atoms with Gasteiger partial charge in [-0.2, -0.15) is 0 Å². The van der Waals surface area contributed by atoms with Gasteiger partial charge >= 0.3 is 0 Å². The number of anilines is 2. The van der Waals surface area contributed by atoms with E-state index >= 15 is 0 Å². The fourth-order valence-corrected chi connectivity index (χ4v) is 5.50. The molecule has 2 N–H and O–H groups in total. The summed E-state index contributed by atoms with van der Waals surface area (Å²) in [4.78, 5) is 5.03. The summed E-state index contributed by atoms with van der Waals surface area (Å²) in [6.45, 7) is 6.18. The average Bonchev–Trinajstić information content (AvgIpc) is 2.76. The monoisotopic (exact) mass is 481 g/mol. The largest absolute Gasteiger partial charge is 0.393 e. The highest BCUT2D eigenvalue weighted by Crippen LogP contribution is 2.34. The van der Waals surface area contributed by atoms with E-state index in [-0.39, 0.29) is 12.1 Å². The third-order valence-corrected chi connectivity index (χ3v) is 7.51. The van der Waals surface area contributed by atoms with E-state index in [0.717, 1.165) is 63.1 Å². The van der Waals surface area contributed by atoms with E-state index in [0.29, 0.717) is 21.1 Å². The molecule has 4 rings (SSSR count). The molecule has 0 amide bonds. The molecule has 0 spiro atoms. The Kier molecular flexibility index (Phi) is 7.56. The summed E-state index contributed by atoms with van der Waals surface area (Å²) in [6, 6.07) is 12.4. The van der Waals surface area contributed by atoms with Crippen LogP contribution >= 0.6 is 34.8 Å². The Morgan fingerprint density at radius 2 is 1.61 bits per heavy atom. The van der Waals surface area contributed by atoms with Gasteiger partial charge < -0.3 is 15.3 Å². The number of aliphatic hydroxyl groups excluding tert-OH is 1. The summed E-state index contributed by atoms with van der Waals surface area (Å²) in [5.41, 5.74) is 3.07. The molecule has 0 bridgehead atoms. The number of nitrogens with one attached hydrogen (secondary N) is 1. The number of nitrogens with zero attached hydrogens (tertiary/aromatic N) is 2. The van der Waals surface area contributed by atoms with Crippen molar-refractivity contribution in [2.75, 3.05) is 36.4 Å². The first-order chi connectivity index (χ1) is 14.9. The highest BCUT2D eigenvalue weighted by molar-refractivity contribution is 6.35. The number of rotatable bonds is 5. The predicted octanol–water partition coefficient (Wildman–Crippen LogP) is 6.25. The number of hydrogen-bond donors (Lipinski definition) is 2. The van der Waals surface area contributed by atoms with Crippen molar-refractivity contribution in [2.45, 2.75) is 50.8 Å². The smallest absolute Gasteiger partial charge is 0.0639 e. The van der Waals surface area contributed by atoms with Gasteiger partial charge in [0.15, 0.2) is 0 Å². The zero-order chi connectivity index (χ0) is 22.0. The number of piperazine rings is 1. The summed E-state index contributed by atoms with van der Waals surface area (Å²) >= 11 is 18.9. The lowest BCUT2D eigenvalue weighted by Gasteiger charge is -2.42. The molecule has 0 radical (unpaired) electrons. The molecule has 1 atom stereocenters. The van der Waals surface area contributed by atoms with Crippen molar-refractivity contribution in [2.24, 2.45) is 0 Å². The Balaban J connectivity index is 1.40. The highest BCUT2D eigenvalue weighted by Gasteiger charge is 2.27. The molecule has 0 unspecified atom stereocenters. The van der Waals surface area contributed by atoms with Crippen molar-refractivity contribution in [3.8, 4) is 0 Å². The normalized spacial score (nSPS) is 23.6. The second-order valence-electron chi connectivity index (χ2n) is 8.68. The molecule has 7 heteroatoms. The van der Waals surface area contributed by atoms with Gasteiger partial charge in [-0.1, -0.05) is 40.9 Å². The van der Waals surface area contributed by atoms with Crippen LogP contribution in [0.1, 0.15) is 44.2 Å². The molecule has 1 aliphatic heterocycles. The number of hydrogen-bond acceptors (Lipinski definition) is 4. The van der Waals surface area contributed by atoms with Crippen LogP contribution in [0.5, 0.6) is 0 Å². The third kappa shape index (κ3) is 5.61. The van der Waals surface area contributed by atoms with Crippen LogP contribution in [-0.2, 0) is 0 Å². The van der Waals surface area contributed by atoms with E-state index in [1.807, 2.05) is 18.2 Å². The predicted molar refractivity (Wildman–Crippen MR) is 132 cm³/mol. The van der Waals surface area contributed by atoms with Crippen LogP contribution in [0.3, 0.4) is 0 Å². The SMILES string of the molecule is C[C@@H](Nc1cc(N2CCN(C3CCC(O)CC3)CC2)ccc1Cl)c1ccc(Cl)cc1Cl. The first-order valence-electron chi connectivity index (χ1n) is 11.1. The van der Waals surface area contributed by atoms with Gasteiger partial charge in [0.25, 0.3) is 0 Å². The molecule has 2 aromatic carbocycles. The zero-order valence-corrected chi connectivity index (χ0v) is 20.1. The lowest BCUT2D eigenvalue weighted by Crippen LogP contribution is -2.51. The first-order valence-corrected chi connectivity index (χ1v) is 12.2. The molecule has 2 aliphatic rings. The van der Waals surface area contributed by atoms with Crippen molar-refractivity contribution >= 4 is 46.2 Å². The molecule has 1 aliphatic carbocycles. The van der Waals surface area contributed by atoms with Gasteiger partial charge in [-0.15, -0.1) is 0 Å². The van der Waals surface area contributed by atoms with Gasteiger partial charge in [-0.3, -0.25) is 4.90 Å². The van der Waals surface area contributed by atoms with Crippen LogP contribution in [0.25, 0.3) is 0 Å². The van der Waals surface area contributed by atoms with Gasteiger partial charge in [0.05, 0.1) is 22.9 Å². The van der Waals surface area contributed by atoms with Crippen molar-refractivity contribution in [1.29, 1.82) is 0 Å². The maximum absolute atomic E-state index is 9.77. The summed E-state index contributed by atoms with van der Waals surface area (Å²) in [6.07, 6.45) is 4.00. The summed E-state index contributed by atoms with van der Waals surface area (Å²) in [7, 11) is 0. The van der Waals surface area contributed by atoms with Crippen LogP contribution in [0.4, 0.5) is 11.4 Å². The minimum atomic E-state index is -0.0947. The molecule has 1 saturated heterocycles. The van der Waals surface area contributed by atoms with Gasteiger partial charge in [0, 0.05) is 48.0 Å². The number of benzene rings is 2. The van der Waals surface area contributed by atoms with Crippen LogP contribution in [0.2, 0.25) is 15.1 Å². The molecular formula is C24H30Cl3N3O. The van der Waals surface area contributed by atoms with Crippen molar-refractivity contribution in [3.05, 3.63) is 57.0 Å². The van der Waals surface area contributed by atoms with Crippen LogP contribution in [0.15, 0.2) is 36.4 Å². The van der Waals surface area contributed by atoms with Crippen LogP contribution in [-0.4, -0.2) is 48.3 Å². The van der Waals surface area contributed by atoms with Gasteiger partial charge in [0.1, 0.15) is 0 Å². The Morgan fingerprint density at radius 1 is 0.903 bits per heavy atom. The van der Waals surface area contributed by atoms with Crippen LogP contribution in [0, 0.1) is 0 Å². The van der Waals surface area contributed by atoms with E-state index in [4.69, 9.17) is 34.8 Å². The molecule has 1 saturated carbocycles. The Labute approximate surface area is 200 Å². The Hall–Kier alpha value is -1.17. The maximum Gasteiger partial charge on any atom is 0.0639 e. The molecule has 2 aromatic rings. The zero-order valence-electron chi connectivity index (χ0n) is 17.8. The van der Waals surface area contributed by atoms with Crippen molar-refractivity contribution < 1.29 is 5.11 Å². The Bertz CT molecular complexity index is 894. The topological polar surface area (TPSA) is 38.7 Å². The molecule has 31 heavy (non-hydrogen) atoms. The molecule has 168 valence electrons. The van der Waals surface area contributed by atoms with Crippen LogP contribution < -0.4 is 10.2 Å². The van der Waals surface area contributed by atoms with Crippen molar-refractivity contribution in [3.63, 3.8) is 0 Å². The average molecular weight is 483 g/mol. The number of aliphatic hydroxyl groups is 1. The maximum atomic E-state index is 9.77. The first kappa shape index (κ1) is 23.0. The lowest BCUT2D eigenvalue weighted by molar-refractivity contribution is 0.0711.